The summed E-state index contributed by atoms with van der Waals surface area (Å²) in [5, 5.41) is 18.4. The summed E-state index contributed by atoms with van der Waals surface area (Å²) in [6.45, 7) is 0. The van der Waals surface area contributed by atoms with Crippen LogP contribution in [0.3, 0.4) is 0 Å². The fraction of sp³-hybridized carbons (Fsp3) is 0.0769. The third-order valence-corrected chi connectivity index (χ3v) is 6.20. The van der Waals surface area contributed by atoms with Gasteiger partial charge in [0.1, 0.15) is 27.3 Å². The largest absolute Gasteiger partial charge is 0.205 e. The van der Waals surface area contributed by atoms with Crippen molar-refractivity contribution in [1.29, 1.82) is 10.5 Å². The minimum absolute atomic E-state index is 0.127. The standard InChI is InChI=1S/C13H7ClN2OS2/c14-13-10(7-15)11(19(18-17)12(13)8-16)6-9-4-2-1-3-5-9/h1-5H,6H2. The Labute approximate surface area is 121 Å². The van der Waals surface area contributed by atoms with Crippen molar-refractivity contribution in [3.05, 3.63) is 56.3 Å². The third-order valence-electron chi connectivity index (χ3n) is 2.60. The summed E-state index contributed by atoms with van der Waals surface area (Å²) in [6, 6.07) is 13.4. The van der Waals surface area contributed by atoms with E-state index < -0.39 is 9.45 Å². The molecule has 1 heterocycles. The van der Waals surface area contributed by atoms with Crippen LogP contribution in [0.1, 0.15) is 5.56 Å². The highest BCUT2D eigenvalue weighted by atomic mass is 35.5. The first-order valence-electron chi connectivity index (χ1n) is 5.25. The van der Waals surface area contributed by atoms with Crippen LogP contribution in [0, 0.1) is 22.7 Å². The molecule has 0 aliphatic carbocycles. The van der Waals surface area contributed by atoms with Gasteiger partial charge in [0, 0.05) is 11.3 Å². The zero-order chi connectivity index (χ0) is 13.8. The van der Waals surface area contributed by atoms with Crippen molar-refractivity contribution in [3.63, 3.8) is 0 Å². The van der Waals surface area contributed by atoms with Gasteiger partial charge in [-0.05, 0) is 15.0 Å². The van der Waals surface area contributed by atoms with Crippen LogP contribution in [-0.4, -0.2) is 4.21 Å². The van der Waals surface area contributed by atoms with Gasteiger partial charge in [0.25, 0.3) is 0 Å². The Morgan fingerprint density at radius 2 is 1.89 bits per heavy atom. The number of hydrogen-bond donors (Lipinski definition) is 0. The summed E-state index contributed by atoms with van der Waals surface area (Å²) in [7, 11) is -0.646. The lowest BCUT2D eigenvalue weighted by Crippen LogP contribution is -1.98. The number of hydrogen-bond acceptors (Lipinski definition) is 3. The number of rotatable bonds is 2. The molecule has 2 rings (SSSR count). The summed E-state index contributed by atoms with van der Waals surface area (Å²) in [4.78, 5) is 0.861. The van der Waals surface area contributed by atoms with Crippen LogP contribution >= 0.6 is 11.6 Å². The van der Waals surface area contributed by atoms with Crippen molar-refractivity contribution in [2.75, 3.05) is 0 Å². The molecule has 0 fully saturated rings. The molecule has 1 unspecified atom stereocenters. The van der Waals surface area contributed by atoms with Gasteiger partial charge in [-0.3, -0.25) is 0 Å². The first kappa shape index (κ1) is 13.8. The van der Waals surface area contributed by atoms with Crippen LogP contribution in [0.2, 0.25) is 0 Å². The van der Waals surface area contributed by atoms with Crippen LogP contribution in [0.4, 0.5) is 0 Å². The molecular weight excluding hydrogens is 300 g/mol. The maximum Gasteiger partial charge on any atom is 0.130 e. The molecule has 1 aliphatic heterocycles. The van der Waals surface area contributed by atoms with Crippen molar-refractivity contribution in [2.45, 2.75) is 6.42 Å². The Morgan fingerprint density at radius 1 is 1.21 bits per heavy atom. The summed E-state index contributed by atoms with van der Waals surface area (Å²) in [5.41, 5.74) is 1.26. The summed E-state index contributed by atoms with van der Waals surface area (Å²) < 4.78 is 11.3. The van der Waals surface area contributed by atoms with Gasteiger partial charge in [-0.1, -0.05) is 41.9 Å². The Morgan fingerprint density at radius 3 is 2.42 bits per heavy atom. The van der Waals surface area contributed by atoms with Gasteiger partial charge < -0.3 is 0 Å². The molecule has 0 N–H and O–H groups in total. The van der Waals surface area contributed by atoms with E-state index in [1.807, 2.05) is 42.5 Å². The zero-order valence-corrected chi connectivity index (χ0v) is 12.0. The topological polar surface area (TPSA) is 64.7 Å². The molecule has 0 bridgehead atoms. The van der Waals surface area contributed by atoms with Crippen LogP contribution in [0.5, 0.6) is 0 Å². The smallest absolute Gasteiger partial charge is 0.130 e. The molecule has 0 spiro atoms. The van der Waals surface area contributed by atoms with E-state index in [1.54, 1.807) is 0 Å². The number of benzene rings is 1. The van der Waals surface area contributed by atoms with E-state index in [2.05, 4.69) is 0 Å². The summed E-state index contributed by atoms with van der Waals surface area (Å²) in [6.07, 6.45) is 0.462. The van der Waals surface area contributed by atoms with Crippen molar-refractivity contribution in [2.24, 2.45) is 0 Å². The predicted molar refractivity (Wildman–Crippen MR) is 76.8 cm³/mol. The highest BCUT2D eigenvalue weighted by Gasteiger charge is 2.28. The molecule has 1 aromatic carbocycles. The molecule has 3 nitrogen and oxygen atoms in total. The van der Waals surface area contributed by atoms with Crippen molar-refractivity contribution < 1.29 is 4.21 Å². The van der Waals surface area contributed by atoms with E-state index in [-0.39, 0.29) is 15.5 Å². The zero-order valence-electron chi connectivity index (χ0n) is 9.59. The fourth-order valence-corrected chi connectivity index (χ4v) is 4.98. The van der Waals surface area contributed by atoms with E-state index in [0.29, 0.717) is 21.6 Å². The average Bonchev–Trinajstić information content (AvgIpc) is 2.70. The van der Waals surface area contributed by atoms with Crippen molar-refractivity contribution in [3.8, 4) is 12.1 Å². The van der Waals surface area contributed by atoms with Gasteiger partial charge >= 0.3 is 0 Å². The SMILES string of the molecule is N#CC1=C(Cc2ccccc2)S(=S=O)C(C#N)=C1Cl. The molecule has 0 amide bonds. The van der Waals surface area contributed by atoms with E-state index in [9.17, 15) is 4.21 Å². The number of allylic oxidation sites excluding steroid dienone is 4. The summed E-state index contributed by atoms with van der Waals surface area (Å²) in [5.74, 6) is 0. The lowest BCUT2D eigenvalue weighted by Gasteiger charge is -2.04. The van der Waals surface area contributed by atoms with E-state index >= 15 is 0 Å². The maximum absolute atomic E-state index is 11.3. The van der Waals surface area contributed by atoms with E-state index in [0.717, 1.165) is 5.56 Å². The second kappa shape index (κ2) is 5.99. The molecule has 1 aromatic rings. The first-order chi connectivity index (χ1) is 9.22. The Bertz CT molecular complexity index is 732. The van der Waals surface area contributed by atoms with Crippen LogP contribution < -0.4 is 0 Å². The normalized spacial score (nSPS) is 18.2. The molecule has 6 heteroatoms. The molecule has 1 atom stereocenters. The minimum atomic E-state index is -0.966. The van der Waals surface area contributed by atoms with Crippen LogP contribution in [0.25, 0.3) is 0 Å². The molecular formula is C13H7ClN2OS2. The first-order valence-corrected chi connectivity index (χ1v) is 8.11. The molecule has 19 heavy (non-hydrogen) atoms. The average molecular weight is 307 g/mol. The molecule has 0 aromatic heterocycles. The van der Waals surface area contributed by atoms with Crippen molar-refractivity contribution >= 4 is 31.3 Å². The van der Waals surface area contributed by atoms with Gasteiger partial charge in [0.15, 0.2) is 0 Å². The van der Waals surface area contributed by atoms with Gasteiger partial charge in [0.05, 0.1) is 10.6 Å². The van der Waals surface area contributed by atoms with E-state index in [4.69, 9.17) is 22.1 Å². The lowest BCUT2D eigenvalue weighted by molar-refractivity contribution is 0.701. The highest BCUT2D eigenvalue weighted by molar-refractivity contribution is 8.35. The lowest BCUT2D eigenvalue weighted by atomic mass is 10.1. The van der Waals surface area contributed by atoms with Crippen molar-refractivity contribution in [1.82, 2.24) is 0 Å². The molecule has 0 radical (unpaired) electrons. The Kier molecular flexibility index (Phi) is 4.34. The monoisotopic (exact) mass is 306 g/mol. The second-order valence-corrected chi connectivity index (χ2v) is 7.02. The second-order valence-electron chi connectivity index (χ2n) is 3.66. The quantitative estimate of drug-likeness (QED) is 0.844. The maximum atomic E-state index is 11.3. The number of nitriles is 2. The molecule has 94 valence electrons. The van der Waals surface area contributed by atoms with Crippen LogP contribution in [0.15, 0.2) is 50.7 Å². The third kappa shape index (κ3) is 2.54. The van der Waals surface area contributed by atoms with Gasteiger partial charge in [-0.2, -0.15) is 10.5 Å². The molecule has 0 saturated carbocycles. The number of nitrogens with zero attached hydrogens (tertiary/aromatic N) is 2. The van der Waals surface area contributed by atoms with Gasteiger partial charge in [-0.15, -0.1) is 0 Å². The molecule has 0 saturated heterocycles. The van der Waals surface area contributed by atoms with Gasteiger partial charge in [-0.25, -0.2) is 4.21 Å². The predicted octanol–water partition coefficient (Wildman–Crippen LogP) is 2.74. The fourth-order valence-electron chi connectivity index (χ4n) is 1.75. The highest BCUT2D eigenvalue weighted by Crippen LogP contribution is 2.36. The Hall–Kier alpha value is -1.66. The minimum Gasteiger partial charge on any atom is -0.205 e. The number of halogens is 1. The molecule has 1 aliphatic rings. The van der Waals surface area contributed by atoms with Gasteiger partial charge in [0.2, 0.25) is 0 Å². The van der Waals surface area contributed by atoms with E-state index in [1.165, 1.54) is 0 Å². The van der Waals surface area contributed by atoms with Crippen LogP contribution in [-0.2, 0) is 26.1 Å². The Balaban J connectivity index is 2.52. The summed E-state index contributed by atoms with van der Waals surface area (Å²) >= 11 is 6.01.